The van der Waals surface area contributed by atoms with Crippen LogP contribution in [0.2, 0.25) is 0 Å². The van der Waals surface area contributed by atoms with Crippen molar-refractivity contribution in [1.29, 1.82) is 0 Å². The summed E-state index contributed by atoms with van der Waals surface area (Å²) >= 11 is 1.46. The smallest absolute Gasteiger partial charge is 0.275 e. The van der Waals surface area contributed by atoms with Crippen LogP contribution in [0.4, 0.5) is 10.8 Å². The fraction of sp³-hybridized carbons (Fsp3) is 0.542. The van der Waals surface area contributed by atoms with Gasteiger partial charge < -0.3 is 29.7 Å². The van der Waals surface area contributed by atoms with Crippen LogP contribution in [0.5, 0.6) is 0 Å². The van der Waals surface area contributed by atoms with Crippen molar-refractivity contribution in [2.45, 2.75) is 25.1 Å². The molecule has 2 amide bonds. The second-order valence-corrected chi connectivity index (χ2v) is 9.82. The number of benzene rings is 1. The molecule has 3 aliphatic rings. The summed E-state index contributed by atoms with van der Waals surface area (Å²) in [5.41, 5.74) is 2.23. The number of aromatic nitrogens is 1. The number of anilines is 2. The number of hydrogen-bond donors (Lipinski definition) is 2. The zero-order chi connectivity index (χ0) is 24.2. The molecule has 11 heteroatoms. The summed E-state index contributed by atoms with van der Waals surface area (Å²) in [6, 6.07) is 5.93. The first-order chi connectivity index (χ1) is 17.1. The van der Waals surface area contributed by atoms with Crippen molar-refractivity contribution >= 4 is 34.0 Å². The molecule has 188 valence electrons. The Hall–Kier alpha value is -2.57. The van der Waals surface area contributed by atoms with Gasteiger partial charge in [-0.05, 0) is 24.1 Å². The third-order valence-corrected chi connectivity index (χ3v) is 7.43. The van der Waals surface area contributed by atoms with Gasteiger partial charge in [0.1, 0.15) is 5.69 Å². The van der Waals surface area contributed by atoms with Crippen LogP contribution in [0.1, 0.15) is 32.8 Å². The van der Waals surface area contributed by atoms with Gasteiger partial charge in [-0.3, -0.25) is 14.5 Å². The van der Waals surface area contributed by atoms with Crippen molar-refractivity contribution in [3.8, 4) is 0 Å². The van der Waals surface area contributed by atoms with Crippen LogP contribution in [-0.2, 0) is 20.8 Å². The number of nitrogens with one attached hydrogen (secondary N) is 2. The van der Waals surface area contributed by atoms with Gasteiger partial charge in [0.05, 0.1) is 49.8 Å². The molecular formula is C24H31N5O5S. The number of morpholine rings is 2. The molecule has 0 aliphatic carbocycles. The predicted octanol–water partition coefficient (Wildman–Crippen LogP) is 1.58. The lowest BCUT2D eigenvalue weighted by molar-refractivity contribution is 0.0342. The van der Waals surface area contributed by atoms with E-state index in [0.29, 0.717) is 62.5 Å². The Morgan fingerprint density at radius 2 is 2.11 bits per heavy atom. The normalized spacial score (nSPS) is 21.9. The van der Waals surface area contributed by atoms with E-state index in [-0.39, 0.29) is 17.9 Å². The third-order valence-electron chi connectivity index (χ3n) is 6.55. The van der Waals surface area contributed by atoms with Crippen LogP contribution in [0.25, 0.3) is 0 Å². The molecule has 2 atom stereocenters. The summed E-state index contributed by atoms with van der Waals surface area (Å²) in [4.78, 5) is 35.1. The highest BCUT2D eigenvalue weighted by atomic mass is 32.1. The highest BCUT2D eigenvalue weighted by molar-refractivity contribution is 7.14. The molecule has 5 rings (SSSR count). The molecule has 0 spiro atoms. The van der Waals surface area contributed by atoms with Gasteiger partial charge in [-0.25, -0.2) is 4.98 Å². The van der Waals surface area contributed by atoms with E-state index in [2.05, 4.69) is 25.4 Å². The van der Waals surface area contributed by atoms with Crippen molar-refractivity contribution in [3.05, 3.63) is 40.4 Å². The molecule has 3 aliphatic heterocycles. The van der Waals surface area contributed by atoms with E-state index in [0.717, 1.165) is 36.8 Å². The molecule has 35 heavy (non-hydrogen) atoms. The number of fused-ring (bicyclic) bond motifs is 2. The Morgan fingerprint density at radius 1 is 1.26 bits per heavy atom. The maximum atomic E-state index is 13.1. The molecule has 0 saturated carbocycles. The van der Waals surface area contributed by atoms with Gasteiger partial charge in [0.25, 0.3) is 11.8 Å². The number of nitrogens with zero attached hydrogens (tertiary/aromatic N) is 3. The molecular weight excluding hydrogens is 470 g/mol. The second-order valence-electron chi connectivity index (χ2n) is 8.98. The van der Waals surface area contributed by atoms with Gasteiger partial charge in [0.15, 0.2) is 5.13 Å². The molecule has 3 fully saturated rings. The quantitative estimate of drug-likeness (QED) is 0.499. The van der Waals surface area contributed by atoms with Gasteiger partial charge in [-0.1, -0.05) is 6.07 Å². The minimum absolute atomic E-state index is 0.256. The van der Waals surface area contributed by atoms with E-state index in [1.807, 2.05) is 12.1 Å². The number of ether oxygens (including phenoxy) is 3. The molecule has 10 nitrogen and oxygen atoms in total. The van der Waals surface area contributed by atoms with E-state index in [9.17, 15) is 9.59 Å². The highest BCUT2D eigenvalue weighted by Gasteiger charge is 2.40. The first kappa shape index (κ1) is 24.1. The number of amides is 2. The van der Waals surface area contributed by atoms with Gasteiger partial charge in [0.2, 0.25) is 0 Å². The van der Waals surface area contributed by atoms with Gasteiger partial charge in [-0.2, -0.15) is 0 Å². The zero-order valence-electron chi connectivity index (χ0n) is 19.8. The lowest BCUT2D eigenvalue weighted by Gasteiger charge is -2.26. The van der Waals surface area contributed by atoms with E-state index < -0.39 is 0 Å². The van der Waals surface area contributed by atoms with E-state index in [1.165, 1.54) is 11.3 Å². The number of rotatable bonds is 9. The standard InChI is InChI=1S/C24H31N5O5S/c1-32-7-4-25-22(30)19-10-16(12-28-5-8-33-9-6-28)2-3-20(19)26-23(31)21-15-35-24(27-21)29-13-18-11-17(29)14-34-18/h2-3,10,15,17-18H,4-9,11-14H2,1H3,(H,25,30)(H,26,31)/t17-,18-/m0/s1. The first-order valence-corrected chi connectivity index (χ1v) is 12.8. The summed E-state index contributed by atoms with van der Waals surface area (Å²) in [5.74, 6) is -0.590. The molecule has 2 N–H and O–H groups in total. The van der Waals surface area contributed by atoms with Gasteiger partial charge >= 0.3 is 0 Å². The molecule has 1 aromatic heterocycles. The summed E-state index contributed by atoms with van der Waals surface area (Å²) in [7, 11) is 1.59. The summed E-state index contributed by atoms with van der Waals surface area (Å²) in [6.07, 6.45) is 1.27. The van der Waals surface area contributed by atoms with Crippen molar-refractivity contribution < 1.29 is 23.8 Å². The number of methoxy groups -OCH3 is 1. The Kier molecular flexibility index (Phi) is 7.59. The lowest BCUT2D eigenvalue weighted by Crippen LogP contribution is -2.36. The Balaban J connectivity index is 1.30. The van der Waals surface area contributed by atoms with Crippen LogP contribution >= 0.6 is 11.3 Å². The number of carbonyl (C=O) groups is 2. The molecule has 2 bridgehead atoms. The Labute approximate surface area is 208 Å². The highest BCUT2D eigenvalue weighted by Crippen LogP contribution is 2.34. The van der Waals surface area contributed by atoms with E-state index in [1.54, 1.807) is 18.6 Å². The maximum Gasteiger partial charge on any atom is 0.275 e. The van der Waals surface area contributed by atoms with Crippen LogP contribution in [0.3, 0.4) is 0 Å². The molecule has 3 saturated heterocycles. The minimum Gasteiger partial charge on any atom is -0.383 e. The predicted molar refractivity (Wildman–Crippen MR) is 132 cm³/mol. The molecule has 0 unspecified atom stereocenters. The summed E-state index contributed by atoms with van der Waals surface area (Å²) in [6.45, 7) is 6.15. The SMILES string of the molecule is COCCNC(=O)c1cc(CN2CCOCC2)ccc1NC(=O)c1csc(N2C[C@@H]3C[C@H]2CO3)n1. The van der Waals surface area contributed by atoms with Crippen LogP contribution in [0.15, 0.2) is 23.6 Å². The number of hydrogen-bond acceptors (Lipinski definition) is 9. The van der Waals surface area contributed by atoms with Crippen molar-refractivity contribution in [3.63, 3.8) is 0 Å². The fourth-order valence-electron chi connectivity index (χ4n) is 4.69. The van der Waals surface area contributed by atoms with Gasteiger partial charge in [0, 0.05) is 45.2 Å². The van der Waals surface area contributed by atoms with E-state index in [4.69, 9.17) is 14.2 Å². The molecule has 1 aromatic carbocycles. The van der Waals surface area contributed by atoms with Crippen molar-refractivity contribution in [2.75, 3.05) is 69.9 Å². The van der Waals surface area contributed by atoms with Crippen LogP contribution < -0.4 is 15.5 Å². The van der Waals surface area contributed by atoms with Crippen molar-refractivity contribution in [2.24, 2.45) is 0 Å². The second kappa shape index (κ2) is 11.0. The lowest BCUT2D eigenvalue weighted by atomic mass is 10.1. The summed E-state index contributed by atoms with van der Waals surface area (Å²) in [5, 5.41) is 8.37. The fourth-order valence-corrected chi connectivity index (χ4v) is 5.57. The number of carbonyl (C=O) groups excluding carboxylic acids is 2. The Morgan fingerprint density at radius 3 is 2.86 bits per heavy atom. The largest absolute Gasteiger partial charge is 0.383 e. The molecule has 4 heterocycles. The van der Waals surface area contributed by atoms with Crippen LogP contribution in [0, 0.1) is 0 Å². The third kappa shape index (κ3) is 5.65. The monoisotopic (exact) mass is 501 g/mol. The molecule has 0 radical (unpaired) electrons. The number of thiazole rings is 1. The Bertz CT molecular complexity index is 1060. The molecule has 2 aromatic rings. The topological polar surface area (TPSA) is 105 Å². The average Bonchev–Trinajstić information content (AvgIpc) is 3.63. The van der Waals surface area contributed by atoms with Crippen LogP contribution in [-0.4, -0.2) is 93.6 Å². The average molecular weight is 502 g/mol. The van der Waals surface area contributed by atoms with E-state index >= 15 is 0 Å². The van der Waals surface area contributed by atoms with Crippen molar-refractivity contribution in [1.82, 2.24) is 15.2 Å². The first-order valence-electron chi connectivity index (χ1n) is 12.0. The minimum atomic E-state index is -0.333. The summed E-state index contributed by atoms with van der Waals surface area (Å²) < 4.78 is 16.1. The zero-order valence-corrected chi connectivity index (χ0v) is 20.6. The maximum absolute atomic E-state index is 13.1. The van der Waals surface area contributed by atoms with Gasteiger partial charge in [-0.15, -0.1) is 11.3 Å².